The quantitative estimate of drug-likeness (QED) is 0.110. The summed E-state index contributed by atoms with van der Waals surface area (Å²) >= 11 is 0. The molecule has 0 saturated carbocycles. The van der Waals surface area contributed by atoms with Gasteiger partial charge in [0.05, 0.1) is 18.6 Å². The van der Waals surface area contributed by atoms with Crippen molar-refractivity contribution in [2.24, 2.45) is 11.8 Å². The summed E-state index contributed by atoms with van der Waals surface area (Å²) in [6.45, 7) is 11.1. The molecule has 0 spiro atoms. The Kier molecular flexibility index (Phi) is 30.5. The van der Waals surface area contributed by atoms with Crippen LogP contribution >= 0.6 is 0 Å². The normalized spacial score (nSPS) is 11.9. The van der Waals surface area contributed by atoms with Gasteiger partial charge in [0, 0.05) is 20.8 Å². The number of aliphatic hydroxyl groups excluding tert-OH is 2. The average molecular weight is 565 g/mol. The number of rotatable bonds is 19. The second kappa shape index (κ2) is 28.8. The van der Waals surface area contributed by atoms with E-state index in [4.69, 9.17) is 20.1 Å². The van der Waals surface area contributed by atoms with Crippen molar-refractivity contribution in [3.63, 3.8) is 0 Å². The van der Waals surface area contributed by atoms with Crippen LogP contribution in [0.15, 0.2) is 0 Å². The highest BCUT2D eigenvalue weighted by Gasteiger charge is 2.20. The molecule has 10 nitrogen and oxygen atoms in total. The zero-order valence-electron chi connectivity index (χ0n) is 25.4. The van der Waals surface area contributed by atoms with Crippen LogP contribution in [-0.4, -0.2) is 71.2 Å². The van der Waals surface area contributed by atoms with E-state index in [1.165, 1.54) is 85.5 Å². The van der Waals surface area contributed by atoms with Crippen LogP contribution in [0.1, 0.15) is 119 Å². The third-order valence-corrected chi connectivity index (χ3v) is 5.53. The number of aliphatic hydroxyl groups is 2. The molecule has 0 radical (unpaired) electrons. The first-order valence-electron chi connectivity index (χ1n) is 14.2. The van der Waals surface area contributed by atoms with E-state index in [2.05, 4.69) is 16.4 Å². The molecule has 2 atom stereocenters. The van der Waals surface area contributed by atoms with Crippen molar-refractivity contribution < 1.29 is 48.7 Å². The molecule has 0 aromatic heterocycles. The van der Waals surface area contributed by atoms with Gasteiger partial charge in [-0.25, -0.2) is 0 Å². The molecule has 0 saturated heterocycles. The van der Waals surface area contributed by atoms with Crippen LogP contribution in [0.2, 0.25) is 0 Å². The first-order valence-corrected chi connectivity index (χ1v) is 14.2. The van der Waals surface area contributed by atoms with Gasteiger partial charge < -0.3 is 29.5 Å². The van der Waals surface area contributed by atoms with Crippen molar-refractivity contribution in [1.29, 1.82) is 0 Å². The maximum Gasteiger partial charge on any atom is 0.306 e. The van der Waals surface area contributed by atoms with Crippen molar-refractivity contribution in [3.05, 3.63) is 0 Å². The number of hydrogen-bond donors (Lipinski definition) is 3. The maximum atomic E-state index is 11.0. The molecule has 0 aliphatic heterocycles. The maximum absolute atomic E-state index is 11.0. The van der Waals surface area contributed by atoms with Gasteiger partial charge >= 0.3 is 23.9 Å². The Balaban J connectivity index is -0.000000576. The Morgan fingerprint density at radius 1 is 0.692 bits per heavy atom. The summed E-state index contributed by atoms with van der Waals surface area (Å²) in [4.78, 5) is 42.7. The van der Waals surface area contributed by atoms with Gasteiger partial charge in [-0.1, -0.05) is 85.0 Å². The second-order valence-electron chi connectivity index (χ2n) is 10.0. The molecule has 2 unspecified atom stereocenters. The fraction of sp³-hybridized carbons (Fsp3) is 0.862. The summed E-state index contributed by atoms with van der Waals surface area (Å²) < 4.78 is 14.0. The van der Waals surface area contributed by atoms with Crippen molar-refractivity contribution in [1.82, 2.24) is 0 Å². The Bertz CT molecular complexity index is 601. The zero-order valence-corrected chi connectivity index (χ0v) is 25.4. The molecular formula is C29H56O10. The predicted molar refractivity (Wildman–Crippen MR) is 150 cm³/mol. The number of carbonyl (C=O) groups is 4. The molecular weight excluding hydrogens is 508 g/mol. The summed E-state index contributed by atoms with van der Waals surface area (Å²) in [5.74, 6) is -2.01. The highest BCUT2D eigenvalue weighted by atomic mass is 16.6. The fourth-order valence-corrected chi connectivity index (χ4v) is 3.37. The van der Waals surface area contributed by atoms with E-state index < -0.39 is 36.1 Å². The van der Waals surface area contributed by atoms with E-state index in [0.717, 1.165) is 12.8 Å². The molecule has 0 aliphatic rings. The van der Waals surface area contributed by atoms with Gasteiger partial charge in [0.1, 0.15) is 13.2 Å². The molecule has 0 aromatic rings. The Morgan fingerprint density at radius 3 is 1.36 bits per heavy atom. The predicted octanol–water partition coefficient (Wildman–Crippen LogP) is 5.06. The van der Waals surface area contributed by atoms with Crippen LogP contribution in [0.25, 0.3) is 0 Å². The highest BCUT2D eigenvalue weighted by molar-refractivity contribution is 5.70. The molecule has 0 aromatic carbocycles. The molecule has 0 heterocycles. The molecule has 0 aliphatic carbocycles. The molecule has 0 rings (SSSR count). The number of carboxylic acids is 1. The van der Waals surface area contributed by atoms with Gasteiger partial charge in [0.15, 0.2) is 6.10 Å². The number of unbranched alkanes of at least 4 members (excludes halogenated alkanes) is 9. The van der Waals surface area contributed by atoms with Gasteiger partial charge in [0.25, 0.3) is 0 Å². The monoisotopic (exact) mass is 564 g/mol. The van der Waals surface area contributed by atoms with Gasteiger partial charge in [-0.2, -0.15) is 0 Å². The topological polar surface area (TPSA) is 157 Å². The minimum absolute atomic E-state index is 0.123. The molecule has 3 N–H and O–H groups in total. The Morgan fingerprint density at radius 2 is 1.08 bits per heavy atom. The van der Waals surface area contributed by atoms with Crippen LogP contribution in [0, 0.1) is 11.8 Å². The van der Waals surface area contributed by atoms with Crippen LogP contribution in [-0.2, 0) is 33.4 Å². The van der Waals surface area contributed by atoms with Crippen LogP contribution in [0.3, 0.4) is 0 Å². The molecule has 39 heavy (non-hydrogen) atoms. The third kappa shape index (κ3) is 35.8. The van der Waals surface area contributed by atoms with E-state index >= 15 is 0 Å². The highest BCUT2D eigenvalue weighted by Crippen LogP contribution is 2.20. The number of carbonyl (C=O) groups excluding carboxylic acids is 3. The standard InChI is InChI=1S/C17H34O2.C9H14O6.C3H8O2/c1-4-5-6-7-8-9-10-11-12-13-14-16(15(2)3)17(18)19;1-6(10)13-4-9(15-8(3)12)5-14-7(2)11;1-3(5)2-4/h15-16H,4-14H2,1-3H3,(H,18,19);9H,4-5H2,1-3H3;3-5H,2H2,1H3. The van der Waals surface area contributed by atoms with E-state index in [0.29, 0.717) is 0 Å². The van der Waals surface area contributed by atoms with Gasteiger partial charge in [0.2, 0.25) is 0 Å². The summed E-state index contributed by atoms with van der Waals surface area (Å²) in [6.07, 6.45) is 12.6. The van der Waals surface area contributed by atoms with Crippen molar-refractivity contribution in [2.75, 3.05) is 19.8 Å². The average Bonchev–Trinajstić information content (AvgIpc) is 2.84. The van der Waals surface area contributed by atoms with Gasteiger partial charge in [-0.3, -0.25) is 19.2 Å². The smallest absolute Gasteiger partial charge is 0.306 e. The van der Waals surface area contributed by atoms with E-state index in [-0.39, 0.29) is 31.7 Å². The zero-order chi connectivity index (χ0) is 30.6. The number of esters is 3. The molecule has 0 fully saturated rings. The number of hydrogen-bond acceptors (Lipinski definition) is 9. The number of aliphatic carboxylic acids is 1. The SMILES string of the molecule is CC(=O)OCC(COC(C)=O)OC(C)=O.CC(O)CO.CCCCCCCCCCCCC(C(=O)O)C(C)C. The van der Waals surface area contributed by atoms with E-state index in [1.807, 2.05) is 13.8 Å². The summed E-state index contributed by atoms with van der Waals surface area (Å²) in [7, 11) is 0. The summed E-state index contributed by atoms with van der Waals surface area (Å²) in [5, 5.41) is 25.1. The van der Waals surface area contributed by atoms with Crippen LogP contribution < -0.4 is 0 Å². The summed E-state index contributed by atoms with van der Waals surface area (Å²) in [5.41, 5.74) is 0. The lowest BCUT2D eigenvalue weighted by Gasteiger charge is -2.15. The first-order chi connectivity index (χ1) is 18.3. The number of ether oxygens (including phenoxy) is 3. The molecule has 0 bridgehead atoms. The first kappa shape index (κ1) is 41.3. The van der Waals surface area contributed by atoms with Gasteiger partial charge in [-0.05, 0) is 19.3 Å². The lowest BCUT2D eigenvalue weighted by Crippen LogP contribution is -2.29. The lowest BCUT2D eigenvalue weighted by atomic mass is 9.90. The molecule has 232 valence electrons. The minimum Gasteiger partial charge on any atom is -0.481 e. The van der Waals surface area contributed by atoms with Crippen LogP contribution in [0.5, 0.6) is 0 Å². The Hall–Kier alpha value is -2.20. The van der Waals surface area contributed by atoms with Crippen molar-refractivity contribution in [3.8, 4) is 0 Å². The van der Waals surface area contributed by atoms with Crippen LogP contribution in [0.4, 0.5) is 0 Å². The lowest BCUT2D eigenvalue weighted by molar-refractivity contribution is -0.163. The van der Waals surface area contributed by atoms with E-state index in [9.17, 15) is 19.2 Å². The molecule has 0 amide bonds. The van der Waals surface area contributed by atoms with Gasteiger partial charge in [-0.15, -0.1) is 0 Å². The van der Waals surface area contributed by atoms with E-state index in [1.54, 1.807) is 0 Å². The second-order valence-corrected chi connectivity index (χ2v) is 10.0. The third-order valence-electron chi connectivity index (χ3n) is 5.53. The Labute approximate surface area is 235 Å². The fourth-order valence-electron chi connectivity index (χ4n) is 3.37. The minimum atomic E-state index is -0.754. The van der Waals surface area contributed by atoms with Crippen molar-refractivity contribution >= 4 is 23.9 Å². The number of carboxylic acid groups (broad SMARTS) is 1. The summed E-state index contributed by atoms with van der Waals surface area (Å²) in [6, 6.07) is 0. The van der Waals surface area contributed by atoms with Crippen molar-refractivity contribution in [2.45, 2.75) is 131 Å². The largest absolute Gasteiger partial charge is 0.481 e. The molecule has 10 heteroatoms.